The molecule has 0 aromatic heterocycles. The number of hydrogen-bond donors (Lipinski definition) is 0. The summed E-state index contributed by atoms with van der Waals surface area (Å²) in [6.45, 7) is 2.54. The van der Waals surface area contributed by atoms with E-state index in [1.165, 1.54) is 0 Å². The topological polar surface area (TPSA) is 47.9 Å². The molecule has 1 aliphatic rings. The number of hydrogen-bond acceptors (Lipinski definition) is 4. The first-order chi connectivity index (χ1) is 10.2. The van der Waals surface area contributed by atoms with Gasteiger partial charge in [0.2, 0.25) is 0 Å². The van der Waals surface area contributed by atoms with Crippen LogP contribution in [-0.4, -0.2) is 18.3 Å². The van der Waals surface area contributed by atoms with E-state index >= 15 is 0 Å². The molecule has 2 aromatic carbocycles. The SMILES string of the molecule is CC(=NOC(=O)c1ccccc1)c1ccc2c(c1)CCO2. The van der Waals surface area contributed by atoms with Gasteiger partial charge in [-0.1, -0.05) is 23.4 Å². The highest BCUT2D eigenvalue weighted by molar-refractivity contribution is 5.99. The van der Waals surface area contributed by atoms with Crippen LogP contribution >= 0.6 is 0 Å². The lowest BCUT2D eigenvalue weighted by molar-refractivity contribution is 0.0516. The minimum atomic E-state index is -0.459. The van der Waals surface area contributed by atoms with Crippen LogP contribution in [-0.2, 0) is 11.3 Å². The second kappa shape index (κ2) is 5.79. The molecule has 0 atom stereocenters. The van der Waals surface area contributed by atoms with Crippen LogP contribution < -0.4 is 4.74 Å². The summed E-state index contributed by atoms with van der Waals surface area (Å²) in [5.74, 6) is 0.465. The fourth-order valence-electron chi connectivity index (χ4n) is 2.20. The molecule has 0 saturated heterocycles. The van der Waals surface area contributed by atoms with E-state index in [1.807, 2.05) is 31.2 Å². The maximum Gasteiger partial charge on any atom is 0.365 e. The Morgan fingerprint density at radius 1 is 1.14 bits per heavy atom. The van der Waals surface area contributed by atoms with Crippen molar-refractivity contribution in [2.75, 3.05) is 6.61 Å². The van der Waals surface area contributed by atoms with Gasteiger partial charge in [-0.3, -0.25) is 0 Å². The summed E-state index contributed by atoms with van der Waals surface area (Å²) in [5, 5.41) is 3.92. The van der Waals surface area contributed by atoms with Gasteiger partial charge in [-0.05, 0) is 48.4 Å². The third kappa shape index (κ3) is 2.94. The van der Waals surface area contributed by atoms with E-state index in [4.69, 9.17) is 9.57 Å². The van der Waals surface area contributed by atoms with E-state index in [0.29, 0.717) is 11.3 Å². The number of benzene rings is 2. The van der Waals surface area contributed by atoms with Gasteiger partial charge in [0, 0.05) is 6.42 Å². The van der Waals surface area contributed by atoms with Crippen molar-refractivity contribution >= 4 is 11.7 Å². The second-order valence-electron chi connectivity index (χ2n) is 4.84. The molecule has 0 aliphatic carbocycles. The van der Waals surface area contributed by atoms with Crippen molar-refractivity contribution < 1.29 is 14.4 Å². The van der Waals surface area contributed by atoms with Crippen LogP contribution in [0.3, 0.4) is 0 Å². The molecule has 4 nitrogen and oxygen atoms in total. The van der Waals surface area contributed by atoms with Crippen molar-refractivity contribution in [1.29, 1.82) is 0 Å². The van der Waals surface area contributed by atoms with E-state index in [-0.39, 0.29) is 0 Å². The number of carbonyl (C=O) groups is 1. The quantitative estimate of drug-likeness (QED) is 0.493. The van der Waals surface area contributed by atoms with Gasteiger partial charge in [-0.2, -0.15) is 0 Å². The van der Waals surface area contributed by atoms with Gasteiger partial charge in [-0.25, -0.2) is 4.79 Å². The van der Waals surface area contributed by atoms with Crippen molar-refractivity contribution in [2.24, 2.45) is 5.16 Å². The first-order valence-corrected chi connectivity index (χ1v) is 6.81. The van der Waals surface area contributed by atoms with Gasteiger partial charge in [0.05, 0.1) is 17.9 Å². The van der Waals surface area contributed by atoms with Crippen molar-refractivity contribution in [2.45, 2.75) is 13.3 Å². The molecule has 0 saturated carbocycles. The van der Waals surface area contributed by atoms with Gasteiger partial charge >= 0.3 is 5.97 Å². The average Bonchev–Trinajstić information content (AvgIpc) is 3.00. The Balaban J connectivity index is 1.73. The highest BCUT2D eigenvalue weighted by Crippen LogP contribution is 2.26. The average molecular weight is 281 g/mol. The largest absolute Gasteiger partial charge is 0.493 e. The lowest BCUT2D eigenvalue weighted by Gasteiger charge is -2.04. The van der Waals surface area contributed by atoms with Crippen molar-refractivity contribution in [1.82, 2.24) is 0 Å². The van der Waals surface area contributed by atoms with Gasteiger partial charge in [0.1, 0.15) is 5.75 Å². The number of ether oxygens (including phenoxy) is 1. The Morgan fingerprint density at radius 2 is 1.95 bits per heavy atom. The Hall–Kier alpha value is -2.62. The lowest BCUT2D eigenvalue weighted by atomic mass is 10.1. The molecule has 0 fully saturated rings. The first-order valence-electron chi connectivity index (χ1n) is 6.81. The summed E-state index contributed by atoms with van der Waals surface area (Å²) < 4.78 is 5.46. The maximum atomic E-state index is 11.8. The number of oxime groups is 1. The number of nitrogens with zero attached hydrogens (tertiary/aromatic N) is 1. The molecular weight excluding hydrogens is 266 g/mol. The molecule has 0 spiro atoms. The molecule has 1 heterocycles. The minimum absolute atomic E-state index is 0.459. The number of carbonyl (C=O) groups excluding carboxylic acids is 1. The summed E-state index contributed by atoms with van der Waals surface area (Å²) in [7, 11) is 0. The third-order valence-corrected chi connectivity index (χ3v) is 3.38. The van der Waals surface area contributed by atoms with Gasteiger partial charge in [0.15, 0.2) is 0 Å². The summed E-state index contributed by atoms with van der Waals surface area (Å²) in [6.07, 6.45) is 0.903. The van der Waals surface area contributed by atoms with Crippen LogP contribution in [0.2, 0.25) is 0 Å². The highest BCUT2D eigenvalue weighted by atomic mass is 16.7. The Bertz CT molecular complexity index is 692. The lowest BCUT2D eigenvalue weighted by Crippen LogP contribution is -2.04. The zero-order valence-electron chi connectivity index (χ0n) is 11.7. The monoisotopic (exact) mass is 281 g/mol. The van der Waals surface area contributed by atoms with E-state index in [0.717, 1.165) is 29.9 Å². The van der Waals surface area contributed by atoms with E-state index in [2.05, 4.69) is 5.16 Å². The smallest absolute Gasteiger partial charge is 0.365 e. The Kier molecular flexibility index (Phi) is 3.69. The summed E-state index contributed by atoms with van der Waals surface area (Å²) in [4.78, 5) is 16.8. The van der Waals surface area contributed by atoms with Crippen molar-refractivity contribution in [3.05, 3.63) is 65.2 Å². The summed E-state index contributed by atoms with van der Waals surface area (Å²) >= 11 is 0. The fourth-order valence-corrected chi connectivity index (χ4v) is 2.20. The van der Waals surface area contributed by atoms with Crippen LogP contribution in [0.15, 0.2) is 53.7 Å². The van der Waals surface area contributed by atoms with E-state index < -0.39 is 5.97 Å². The molecule has 0 N–H and O–H groups in total. The summed E-state index contributed by atoms with van der Waals surface area (Å²) in [5.41, 5.74) is 3.24. The van der Waals surface area contributed by atoms with Crippen LogP contribution in [0.5, 0.6) is 5.75 Å². The van der Waals surface area contributed by atoms with Crippen molar-refractivity contribution in [3.63, 3.8) is 0 Å². The van der Waals surface area contributed by atoms with Gasteiger partial charge < -0.3 is 9.57 Å². The summed E-state index contributed by atoms with van der Waals surface area (Å²) in [6, 6.07) is 14.7. The van der Waals surface area contributed by atoms with Crippen LogP contribution in [0, 0.1) is 0 Å². The fraction of sp³-hybridized carbons (Fsp3) is 0.176. The Labute approximate surface area is 123 Å². The second-order valence-corrected chi connectivity index (χ2v) is 4.84. The third-order valence-electron chi connectivity index (χ3n) is 3.38. The maximum absolute atomic E-state index is 11.8. The molecule has 1 aliphatic heterocycles. The van der Waals surface area contributed by atoms with Crippen LogP contribution in [0.4, 0.5) is 0 Å². The van der Waals surface area contributed by atoms with E-state index in [1.54, 1.807) is 24.3 Å². The van der Waals surface area contributed by atoms with Crippen molar-refractivity contribution in [3.8, 4) is 5.75 Å². The number of fused-ring (bicyclic) bond motifs is 1. The predicted molar refractivity (Wildman–Crippen MR) is 79.7 cm³/mol. The number of rotatable bonds is 3. The molecule has 4 heteroatoms. The zero-order valence-corrected chi connectivity index (χ0v) is 11.7. The molecule has 0 bridgehead atoms. The van der Waals surface area contributed by atoms with Gasteiger partial charge in [0.25, 0.3) is 0 Å². The molecule has 0 radical (unpaired) electrons. The van der Waals surface area contributed by atoms with Crippen LogP contribution in [0.25, 0.3) is 0 Å². The first kappa shape index (κ1) is 13.4. The molecule has 0 amide bonds. The molecule has 0 unspecified atom stereocenters. The van der Waals surface area contributed by atoms with E-state index in [9.17, 15) is 4.79 Å². The normalized spacial score (nSPS) is 13.5. The molecule has 3 rings (SSSR count). The minimum Gasteiger partial charge on any atom is -0.493 e. The molecule has 21 heavy (non-hydrogen) atoms. The Morgan fingerprint density at radius 3 is 2.76 bits per heavy atom. The predicted octanol–water partition coefficient (Wildman–Crippen LogP) is 3.20. The highest BCUT2D eigenvalue weighted by Gasteiger charge is 2.13. The van der Waals surface area contributed by atoms with Gasteiger partial charge in [-0.15, -0.1) is 0 Å². The molecule has 2 aromatic rings. The molecular formula is C17H15NO3. The standard InChI is InChI=1S/C17H15NO3/c1-12(14-7-8-16-15(11-14)9-10-20-16)18-21-17(19)13-5-3-2-4-6-13/h2-8,11H,9-10H2,1H3. The zero-order chi connectivity index (χ0) is 14.7. The van der Waals surface area contributed by atoms with Crippen LogP contribution in [0.1, 0.15) is 28.4 Å². The molecule has 106 valence electrons.